The number of nitrogens with one attached hydrogen (secondary N) is 1. The van der Waals surface area contributed by atoms with Crippen LogP contribution in [0.3, 0.4) is 0 Å². The van der Waals surface area contributed by atoms with Crippen molar-refractivity contribution in [3.63, 3.8) is 0 Å². The normalized spacial score (nSPS) is 16.3. The Labute approximate surface area is 164 Å². The molecule has 152 valence electrons. The van der Waals surface area contributed by atoms with E-state index >= 15 is 0 Å². The highest BCUT2D eigenvalue weighted by Gasteiger charge is 2.24. The number of aromatic nitrogens is 1. The van der Waals surface area contributed by atoms with Crippen molar-refractivity contribution in [1.29, 1.82) is 0 Å². The molecule has 2 heterocycles. The fraction of sp³-hybridized carbons (Fsp3) is 0.421. The summed E-state index contributed by atoms with van der Waals surface area (Å²) in [6.45, 7) is 3.94. The second kappa shape index (κ2) is 8.50. The van der Waals surface area contributed by atoms with E-state index in [1.54, 1.807) is 6.20 Å². The second-order valence-corrected chi connectivity index (χ2v) is 8.96. The van der Waals surface area contributed by atoms with Crippen molar-refractivity contribution >= 4 is 15.7 Å². The highest BCUT2D eigenvalue weighted by atomic mass is 32.2. The molecule has 1 fully saturated rings. The number of halogens is 2. The number of aryl methyl sites for hydroxylation is 1. The number of pyridine rings is 1. The van der Waals surface area contributed by atoms with Gasteiger partial charge in [-0.25, -0.2) is 17.2 Å². The van der Waals surface area contributed by atoms with Gasteiger partial charge < -0.3 is 5.32 Å². The van der Waals surface area contributed by atoms with Crippen LogP contribution in [-0.4, -0.2) is 55.0 Å². The van der Waals surface area contributed by atoms with Crippen LogP contribution in [0.4, 0.5) is 14.5 Å². The molecule has 0 bridgehead atoms. The molecule has 6 nitrogen and oxygen atoms in total. The molecule has 1 aliphatic heterocycles. The first-order chi connectivity index (χ1) is 13.2. The van der Waals surface area contributed by atoms with E-state index in [9.17, 15) is 17.2 Å². The Bertz CT molecular complexity index is 928. The van der Waals surface area contributed by atoms with Crippen LogP contribution in [0.2, 0.25) is 0 Å². The Morgan fingerprint density at radius 2 is 1.82 bits per heavy atom. The number of benzene rings is 1. The van der Waals surface area contributed by atoms with Gasteiger partial charge in [-0.2, -0.15) is 4.31 Å². The Kier molecular flexibility index (Phi) is 6.26. The first kappa shape index (κ1) is 20.6. The third-order valence-electron chi connectivity index (χ3n) is 4.84. The number of rotatable bonds is 6. The number of hydrogen-bond acceptors (Lipinski definition) is 5. The molecule has 9 heteroatoms. The molecule has 0 aliphatic carbocycles. The number of nitrogens with zero attached hydrogens (tertiary/aromatic N) is 3. The van der Waals surface area contributed by atoms with E-state index in [2.05, 4.69) is 10.3 Å². The molecule has 0 unspecified atom stereocenters. The number of sulfonamides is 1. The summed E-state index contributed by atoms with van der Waals surface area (Å²) in [6, 6.07) is 6.35. The lowest BCUT2D eigenvalue weighted by Gasteiger charge is -2.33. The molecule has 0 atom stereocenters. The molecule has 1 aromatic heterocycles. The van der Waals surface area contributed by atoms with E-state index in [0.29, 0.717) is 44.0 Å². The Morgan fingerprint density at radius 1 is 1.11 bits per heavy atom. The van der Waals surface area contributed by atoms with E-state index in [1.165, 1.54) is 22.7 Å². The van der Waals surface area contributed by atoms with Gasteiger partial charge in [-0.3, -0.25) is 9.88 Å². The predicted molar refractivity (Wildman–Crippen MR) is 104 cm³/mol. The average molecular weight is 410 g/mol. The molecule has 3 rings (SSSR count). The van der Waals surface area contributed by atoms with E-state index in [-0.39, 0.29) is 12.1 Å². The Balaban J connectivity index is 1.66. The van der Waals surface area contributed by atoms with Crippen LogP contribution in [0.5, 0.6) is 0 Å². The van der Waals surface area contributed by atoms with Gasteiger partial charge in [-0.05, 0) is 25.1 Å². The molecular formula is C19H24F2N4O2S. The van der Waals surface area contributed by atoms with Crippen LogP contribution in [0, 0.1) is 18.6 Å². The molecule has 0 radical (unpaired) electrons. The molecule has 1 aliphatic rings. The summed E-state index contributed by atoms with van der Waals surface area (Å²) in [6.07, 6.45) is 2.81. The van der Waals surface area contributed by atoms with Crippen LogP contribution in [-0.2, 0) is 23.1 Å². The van der Waals surface area contributed by atoms with Crippen molar-refractivity contribution in [3.8, 4) is 0 Å². The minimum absolute atomic E-state index is 0.0120. The average Bonchev–Trinajstić information content (AvgIpc) is 2.65. The van der Waals surface area contributed by atoms with E-state index in [1.807, 2.05) is 24.0 Å². The summed E-state index contributed by atoms with van der Waals surface area (Å²) < 4.78 is 53.7. The molecule has 0 spiro atoms. The third-order valence-corrected chi connectivity index (χ3v) is 6.14. The van der Waals surface area contributed by atoms with Gasteiger partial charge in [0.15, 0.2) is 0 Å². The van der Waals surface area contributed by atoms with E-state index < -0.39 is 21.7 Å². The van der Waals surface area contributed by atoms with Gasteiger partial charge >= 0.3 is 0 Å². The summed E-state index contributed by atoms with van der Waals surface area (Å²) in [4.78, 5) is 6.12. The zero-order chi connectivity index (χ0) is 20.3. The molecule has 1 saturated heterocycles. The SMILES string of the molecule is Cc1ccc(NCc2c(F)ccc(CN3CCN(S(C)(=O)=O)CC3)c2F)cn1. The van der Waals surface area contributed by atoms with Gasteiger partial charge in [0.05, 0.1) is 18.1 Å². The maximum Gasteiger partial charge on any atom is 0.211 e. The summed E-state index contributed by atoms with van der Waals surface area (Å²) >= 11 is 0. The van der Waals surface area contributed by atoms with E-state index in [0.717, 1.165) is 5.69 Å². The minimum atomic E-state index is -3.21. The van der Waals surface area contributed by atoms with Gasteiger partial charge in [-0.15, -0.1) is 0 Å². The Morgan fingerprint density at radius 3 is 2.43 bits per heavy atom. The van der Waals surface area contributed by atoms with Gasteiger partial charge in [0.25, 0.3) is 0 Å². The highest BCUT2D eigenvalue weighted by Crippen LogP contribution is 2.21. The van der Waals surface area contributed by atoms with Crippen LogP contribution < -0.4 is 5.32 Å². The highest BCUT2D eigenvalue weighted by molar-refractivity contribution is 7.88. The summed E-state index contributed by atoms with van der Waals surface area (Å²) in [7, 11) is -3.21. The van der Waals surface area contributed by atoms with Crippen molar-refractivity contribution < 1.29 is 17.2 Å². The van der Waals surface area contributed by atoms with Crippen molar-refractivity contribution in [2.45, 2.75) is 20.0 Å². The molecule has 0 saturated carbocycles. The van der Waals surface area contributed by atoms with Crippen LogP contribution in [0.1, 0.15) is 16.8 Å². The molecule has 2 aromatic rings. The van der Waals surface area contributed by atoms with Gasteiger partial charge in [0.2, 0.25) is 10.0 Å². The van der Waals surface area contributed by atoms with Gasteiger partial charge in [0.1, 0.15) is 11.6 Å². The quantitative estimate of drug-likeness (QED) is 0.792. The molecule has 1 N–H and O–H groups in total. The number of piperazine rings is 1. The molecule has 1 aromatic carbocycles. The minimum Gasteiger partial charge on any atom is -0.379 e. The van der Waals surface area contributed by atoms with Crippen LogP contribution in [0.25, 0.3) is 0 Å². The lowest BCUT2D eigenvalue weighted by atomic mass is 10.1. The smallest absolute Gasteiger partial charge is 0.211 e. The van der Waals surface area contributed by atoms with Gasteiger partial charge in [0, 0.05) is 56.1 Å². The maximum absolute atomic E-state index is 14.9. The lowest BCUT2D eigenvalue weighted by molar-refractivity contribution is 0.180. The number of anilines is 1. The molecular weight excluding hydrogens is 386 g/mol. The fourth-order valence-electron chi connectivity index (χ4n) is 3.15. The summed E-state index contributed by atoms with van der Waals surface area (Å²) in [5.41, 5.74) is 1.92. The topological polar surface area (TPSA) is 65.5 Å². The standard InChI is InChI=1S/C19H24F2N4O2S/c1-14-3-5-16(11-22-14)23-12-17-18(20)6-4-15(19(17)21)13-24-7-9-25(10-8-24)28(2,26)27/h3-6,11,23H,7-10,12-13H2,1-2H3. The number of hydrogen-bond donors (Lipinski definition) is 1. The summed E-state index contributed by atoms with van der Waals surface area (Å²) in [5.74, 6) is -1.17. The molecule has 28 heavy (non-hydrogen) atoms. The van der Waals surface area contributed by atoms with Crippen LogP contribution in [0.15, 0.2) is 30.5 Å². The fourth-order valence-corrected chi connectivity index (χ4v) is 3.98. The van der Waals surface area contributed by atoms with Crippen molar-refractivity contribution in [2.75, 3.05) is 37.8 Å². The zero-order valence-electron chi connectivity index (χ0n) is 16.0. The maximum atomic E-state index is 14.9. The summed E-state index contributed by atoms with van der Waals surface area (Å²) in [5, 5.41) is 2.99. The molecule has 0 amide bonds. The van der Waals surface area contributed by atoms with Gasteiger partial charge in [-0.1, -0.05) is 6.07 Å². The van der Waals surface area contributed by atoms with Crippen molar-refractivity contribution in [1.82, 2.24) is 14.2 Å². The first-order valence-electron chi connectivity index (χ1n) is 9.04. The third kappa shape index (κ3) is 5.03. The first-order valence-corrected chi connectivity index (χ1v) is 10.9. The monoisotopic (exact) mass is 410 g/mol. The van der Waals surface area contributed by atoms with E-state index in [4.69, 9.17) is 0 Å². The lowest BCUT2D eigenvalue weighted by Crippen LogP contribution is -2.47. The van der Waals surface area contributed by atoms with Crippen molar-refractivity contribution in [2.24, 2.45) is 0 Å². The predicted octanol–water partition coefficient (Wildman–Crippen LogP) is 2.36. The largest absolute Gasteiger partial charge is 0.379 e. The zero-order valence-corrected chi connectivity index (χ0v) is 16.8. The van der Waals surface area contributed by atoms with Crippen molar-refractivity contribution in [3.05, 3.63) is 58.9 Å². The second-order valence-electron chi connectivity index (χ2n) is 6.98. The Hall–Kier alpha value is -2.10. The van der Waals surface area contributed by atoms with Crippen LogP contribution >= 0.6 is 0 Å².